The molecule has 1 aromatic heterocycles. The lowest BCUT2D eigenvalue weighted by molar-refractivity contribution is 0.0519. The van der Waals surface area contributed by atoms with E-state index in [9.17, 15) is 4.79 Å². The summed E-state index contributed by atoms with van der Waals surface area (Å²) in [6, 6.07) is 0. The number of nitrogen functional groups attached to an aromatic ring is 1. The number of halogens is 1. The second-order valence-electron chi connectivity index (χ2n) is 2.15. The van der Waals surface area contributed by atoms with Crippen LogP contribution in [0.3, 0.4) is 0 Å². The van der Waals surface area contributed by atoms with E-state index in [1.807, 2.05) is 0 Å². The van der Waals surface area contributed by atoms with Gasteiger partial charge in [0.25, 0.3) is 0 Å². The average Bonchev–Trinajstić information content (AvgIpc) is 2.09. The molecular formula is C7H8ClN3O2. The summed E-state index contributed by atoms with van der Waals surface area (Å²) in [5.41, 5.74) is 5.27. The molecule has 0 saturated carbocycles. The molecule has 0 aliphatic carbocycles. The monoisotopic (exact) mass is 201 g/mol. The van der Waals surface area contributed by atoms with Gasteiger partial charge in [-0.3, -0.25) is 0 Å². The number of nitrogens with zero attached hydrogens (tertiary/aromatic N) is 2. The van der Waals surface area contributed by atoms with Gasteiger partial charge in [0, 0.05) is 0 Å². The highest BCUT2D eigenvalue weighted by molar-refractivity contribution is 6.33. The first-order valence-electron chi connectivity index (χ1n) is 3.60. The highest BCUT2D eigenvalue weighted by atomic mass is 35.5. The summed E-state index contributed by atoms with van der Waals surface area (Å²) in [6.45, 7) is 1.95. The normalized spacial score (nSPS) is 9.69. The summed E-state index contributed by atoms with van der Waals surface area (Å²) in [5, 5.41) is 0.132. The van der Waals surface area contributed by atoms with E-state index in [1.54, 1.807) is 6.92 Å². The maximum atomic E-state index is 11.2. The maximum Gasteiger partial charge on any atom is 0.358 e. The van der Waals surface area contributed by atoms with E-state index in [0.29, 0.717) is 0 Å². The van der Waals surface area contributed by atoms with E-state index in [4.69, 9.17) is 22.1 Å². The molecule has 13 heavy (non-hydrogen) atoms. The van der Waals surface area contributed by atoms with Gasteiger partial charge >= 0.3 is 5.97 Å². The molecule has 0 fully saturated rings. The Hall–Kier alpha value is -1.36. The number of carbonyl (C=O) groups excluding carboxylic acids is 1. The number of hydrogen-bond acceptors (Lipinski definition) is 5. The van der Waals surface area contributed by atoms with Crippen LogP contribution in [0.25, 0.3) is 0 Å². The van der Waals surface area contributed by atoms with Gasteiger partial charge in [0.1, 0.15) is 0 Å². The lowest BCUT2D eigenvalue weighted by Crippen LogP contribution is -2.10. The highest BCUT2D eigenvalue weighted by Gasteiger charge is 2.13. The Bertz CT molecular complexity index is 330. The first-order chi connectivity index (χ1) is 6.15. The van der Waals surface area contributed by atoms with Crippen LogP contribution in [0.15, 0.2) is 6.20 Å². The molecule has 0 spiro atoms. The fraction of sp³-hybridized carbons (Fsp3) is 0.286. The number of ether oxygens (including phenoxy) is 1. The second kappa shape index (κ2) is 4.04. The smallest absolute Gasteiger partial charge is 0.358 e. The number of carbonyl (C=O) groups is 1. The predicted octanol–water partition coefficient (Wildman–Crippen LogP) is 0.889. The Labute approximate surface area is 79.9 Å². The van der Waals surface area contributed by atoms with E-state index >= 15 is 0 Å². The van der Waals surface area contributed by atoms with Crippen LogP contribution < -0.4 is 5.73 Å². The average molecular weight is 202 g/mol. The molecule has 2 N–H and O–H groups in total. The van der Waals surface area contributed by atoms with E-state index in [0.717, 1.165) is 0 Å². The van der Waals surface area contributed by atoms with Gasteiger partial charge in [-0.1, -0.05) is 11.6 Å². The Balaban J connectivity index is 2.99. The maximum absolute atomic E-state index is 11.2. The summed E-state index contributed by atoms with van der Waals surface area (Å²) >= 11 is 5.65. The highest BCUT2D eigenvalue weighted by Crippen LogP contribution is 2.13. The molecule has 1 rings (SSSR count). The summed E-state index contributed by atoms with van der Waals surface area (Å²) in [4.78, 5) is 18.4. The topological polar surface area (TPSA) is 78.1 Å². The molecule has 0 aliphatic heterocycles. The number of hydrogen-bond donors (Lipinski definition) is 1. The van der Waals surface area contributed by atoms with E-state index < -0.39 is 5.97 Å². The second-order valence-corrected chi connectivity index (χ2v) is 2.55. The van der Waals surface area contributed by atoms with Crippen molar-refractivity contribution >= 4 is 23.5 Å². The Morgan fingerprint density at radius 3 is 3.08 bits per heavy atom. The lowest BCUT2D eigenvalue weighted by Gasteiger charge is -2.02. The van der Waals surface area contributed by atoms with Crippen LogP contribution in [-0.4, -0.2) is 22.5 Å². The van der Waals surface area contributed by atoms with Crippen molar-refractivity contribution < 1.29 is 9.53 Å². The fourth-order valence-corrected chi connectivity index (χ4v) is 0.892. The van der Waals surface area contributed by atoms with Crippen LogP contribution in [0.4, 0.5) is 5.95 Å². The van der Waals surface area contributed by atoms with Crippen LogP contribution in [-0.2, 0) is 4.74 Å². The van der Waals surface area contributed by atoms with Crippen molar-refractivity contribution in [2.75, 3.05) is 12.3 Å². The third kappa shape index (κ3) is 2.29. The number of esters is 1. The summed E-state index contributed by atoms with van der Waals surface area (Å²) in [5.74, 6) is -0.603. The summed E-state index contributed by atoms with van der Waals surface area (Å²) < 4.78 is 4.69. The predicted molar refractivity (Wildman–Crippen MR) is 47.4 cm³/mol. The van der Waals surface area contributed by atoms with Gasteiger partial charge < -0.3 is 10.5 Å². The SMILES string of the molecule is CCOC(=O)c1nc(N)ncc1Cl. The minimum atomic E-state index is -0.596. The van der Waals surface area contributed by atoms with Gasteiger partial charge in [0.05, 0.1) is 17.8 Å². The van der Waals surface area contributed by atoms with E-state index in [1.165, 1.54) is 6.20 Å². The van der Waals surface area contributed by atoms with Gasteiger partial charge in [-0.2, -0.15) is 0 Å². The van der Waals surface area contributed by atoms with E-state index in [-0.39, 0.29) is 23.3 Å². The number of nitrogens with two attached hydrogens (primary N) is 1. The van der Waals surface area contributed by atoms with Gasteiger partial charge in [-0.25, -0.2) is 14.8 Å². The third-order valence-corrected chi connectivity index (χ3v) is 1.51. The molecule has 1 aromatic rings. The van der Waals surface area contributed by atoms with Crippen LogP contribution >= 0.6 is 11.6 Å². The van der Waals surface area contributed by atoms with Crippen LogP contribution in [0.2, 0.25) is 5.02 Å². The van der Waals surface area contributed by atoms with Gasteiger partial charge in [-0.05, 0) is 6.92 Å². The molecule has 0 radical (unpaired) electrons. The first kappa shape index (κ1) is 9.73. The summed E-state index contributed by atoms with van der Waals surface area (Å²) in [7, 11) is 0. The van der Waals surface area contributed by atoms with Crippen LogP contribution in [0.1, 0.15) is 17.4 Å². The van der Waals surface area contributed by atoms with Crippen molar-refractivity contribution in [1.82, 2.24) is 9.97 Å². The molecule has 0 aliphatic rings. The van der Waals surface area contributed by atoms with Crippen molar-refractivity contribution in [2.45, 2.75) is 6.92 Å². The zero-order valence-corrected chi connectivity index (χ0v) is 7.71. The standard InChI is InChI=1S/C7H8ClN3O2/c1-2-13-6(12)5-4(8)3-10-7(9)11-5/h3H,2H2,1H3,(H2,9,10,11). The number of rotatable bonds is 2. The lowest BCUT2D eigenvalue weighted by atomic mass is 10.4. The van der Waals surface area contributed by atoms with Crippen molar-refractivity contribution in [3.63, 3.8) is 0 Å². The van der Waals surface area contributed by atoms with E-state index in [2.05, 4.69) is 9.97 Å². The first-order valence-corrected chi connectivity index (χ1v) is 3.98. The van der Waals surface area contributed by atoms with Crippen molar-refractivity contribution in [3.05, 3.63) is 16.9 Å². The van der Waals surface area contributed by atoms with Crippen molar-refractivity contribution in [3.8, 4) is 0 Å². The molecule has 1 heterocycles. The molecule has 0 atom stereocenters. The summed E-state index contributed by atoms with van der Waals surface area (Å²) in [6.07, 6.45) is 1.26. The molecule has 6 heteroatoms. The zero-order valence-electron chi connectivity index (χ0n) is 6.95. The van der Waals surface area contributed by atoms with Crippen molar-refractivity contribution in [1.29, 1.82) is 0 Å². The number of anilines is 1. The molecule has 0 unspecified atom stereocenters. The quantitative estimate of drug-likeness (QED) is 0.719. The van der Waals surface area contributed by atoms with Gasteiger partial charge in [0.15, 0.2) is 5.69 Å². The third-order valence-electron chi connectivity index (χ3n) is 1.23. The minimum absolute atomic E-state index is 0.00369. The Kier molecular flexibility index (Phi) is 3.02. The molecule has 70 valence electrons. The minimum Gasteiger partial charge on any atom is -0.461 e. The zero-order chi connectivity index (χ0) is 9.84. The van der Waals surface area contributed by atoms with Gasteiger partial charge in [-0.15, -0.1) is 0 Å². The molecule has 5 nitrogen and oxygen atoms in total. The Morgan fingerprint density at radius 2 is 2.46 bits per heavy atom. The molecule has 0 amide bonds. The van der Waals surface area contributed by atoms with Crippen LogP contribution in [0.5, 0.6) is 0 Å². The Morgan fingerprint density at radius 1 is 1.77 bits per heavy atom. The number of aromatic nitrogens is 2. The molecular weight excluding hydrogens is 194 g/mol. The molecule has 0 aromatic carbocycles. The largest absolute Gasteiger partial charge is 0.461 e. The fourth-order valence-electron chi connectivity index (χ4n) is 0.723. The van der Waals surface area contributed by atoms with Crippen LogP contribution in [0, 0.1) is 0 Å². The molecule has 0 bridgehead atoms. The van der Waals surface area contributed by atoms with Gasteiger partial charge in [0.2, 0.25) is 5.95 Å². The van der Waals surface area contributed by atoms with Crippen molar-refractivity contribution in [2.24, 2.45) is 0 Å². The molecule has 0 saturated heterocycles.